The molecule has 0 unspecified atom stereocenters. The molecule has 1 N–H and O–H groups in total. The van der Waals surface area contributed by atoms with E-state index in [4.69, 9.17) is 4.74 Å². The maximum absolute atomic E-state index is 13.4. The SMILES string of the molecule is O=C(C[C@@H]1CCN2C[C@@H]1C=CCOc1ccccc1CN(C1CCC1)CC2=O)NCc1ccccn1. The number of pyridine rings is 1. The molecule has 1 aromatic heterocycles. The van der Waals surface area contributed by atoms with Crippen molar-refractivity contribution in [2.45, 2.75) is 51.2 Å². The summed E-state index contributed by atoms with van der Waals surface area (Å²) < 4.78 is 6.15. The Kier molecular flexibility index (Phi) is 7.96. The summed E-state index contributed by atoms with van der Waals surface area (Å²) in [7, 11) is 0. The summed E-state index contributed by atoms with van der Waals surface area (Å²) in [5, 5.41) is 3.01. The van der Waals surface area contributed by atoms with Gasteiger partial charge in [-0.15, -0.1) is 0 Å². The van der Waals surface area contributed by atoms with Crippen molar-refractivity contribution < 1.29 is 14.3 Å². The van der Waals surface area contributed by atoms with E-state index in [1.54, 1.807) is 6.20 Å². The molecule has 190 valence electrons. The lowest BCUT2D eigenvalue weighted by molar-refractivity contribution is -0.136. The molecule has 7 nitrogen and oxygen atoms in total. The van der Waals surface area contributed by atoms with Gasteiger partial charge in [0.25, 0.3) is 0 Å². The lowest BCUT2D eigenvalue weighted by Crippen LogP contribution is -2.50. The number of para-hydroxylation sites is 1. The first kappa shape index (κ1) is 24.5. The van der Waals surface area contributed by atoms with Crippen molar-refractivity contribution in [3.63, 3.8) is 0 Å². The first-order valence-corrected chi connectivity index (χ1v) is 13.2. The van der Waals surface area contributed by atoms with Gasteiger partial charge < -0.3 is 15.0 Å². The smallest absolute Gasteiger partial charge is 0.236 e. The predicted molar refractivity (Wildman–Crippen MR) is 138 cm³/mol. The van der Waals surface area contributed by atoms with E-state index in [0.29, 0.717) is 45.2 Å². The molecule has 2 fully saturated rings. The molecule has 5 rings (SSSR count). The van der Waals surface area contributed by atoms with Gasteiger partial charge in [-0.3, -0.25) is 19.5 Å². The minimum Gasteiger partial charge on any atom is -0.489 e. The van der Waals surface area contributed by atoms with Crippen LogP contribution in [0.25, 0.3) is 0 Å². The number of nitrogens with one attached hydrogen (secondary N) is 1. The fourth-order valence-electron chi connectivity index (χ4n) is 5.43. The molecule has 1 saturated heterocycles. The monoisotopic (exact) mass is 488 g/mol. The number of rotatable bonds is 5. The number of aromatic nitrogens is 1. The molecule has 2 aromatic rings. The molecule has 2 atom stereocenters. The van der Waals surface area contributed by atoms with Gasteiger partial charge in [0, 0.05) is 43.9 Å². The van der Waals surface area contributed by atoms with Crippen LogP contribution < -0.4 is 10.1 Å². The number of ether oxygens (including phenoxy) is 1. The Morgan fingerprint density at radius 2 is 1.94 bits per heavy atom. The van der Waals surface area contributed by atoms with Crippen LogP contribution in [0.2, 0.25) is 0 Å². The van der Waals surface area contributed by atoms with Gasteiger partial charge in [0.1, 0.15) is 12.4 Å². The van der Waals surface area contributed by atoms with E-state index >= 15 is 0 Å². The molecule has 36 heavy (non-hydrogen) atoms. The number of carbonyl (C=O) groups is 2. The van der Waals surface area contributed by atoms with Crippen LogP contribution in [0.5, 0.6) is 5.75 Å². The lowest BCUT2D eigenvalue weighted by atomic mass is 9.82. The van der Waals surface area contributed by atoms with E-state index in [1.165, 1.54) is 6.42 Å². The van der Waals surface area contributed by atoms with Crippen LogP contribution in [0, 0.1) is 11.8 Å². The zero-order chi connectivity index (χ0) is 24.7. The van der Waals surface area contributed by atoms with Crippen molar-refractivity contribution in [3.05, 3.63) is 72.1 Å². The molecule has 2 aliphatic heterocycles. The highest BCUT2D eigenvalue weighted by molar-refractivity contribution is 5.79. The molecule has 1 aromatic carbocycles. The highest BCUT2D eigenvalue weighted by Crippen LogP contribution is 2.31. The zero-order valence-electron chi connectivity index (χ0n) is 20.9. The van der Waals surface area contributed by atoms with E-state index in [0.717, 1.165) is 42.8 Å². The number of benzene rings is 1. The van der Waals surface area contributed by atoms with Gasteiger partial charge in [-0.05, 0) is 49.3 Å². The second-order valence-electron chi connectivity index (χ2n) is 10.2. The Morgan fingerprint density at radius 3 is 2.75 bits per heavy atom. The maximum atomic E-state index is 13.4. The molecule has 0 spiro atoms. The van der Waals surface area contributed by atoms with E-state index < -0.39 is 0 Å². The second kappa shape index (κ2) is 11.7. The highest BCUT2D eigenvalue weighted by atomic mass is 16.5. The summed E-state index contributed by atoms with van der Waals surface area (Å²) in [6, 6.07) is 14.3. The highest BCUT2D eigenvalue weighted by Gasteiger charge is 2.34. The third-order valence-electron chi connectivity index (χ3n) is 7.79. The predicted octanol–water partition coefficient (Wildman–Crippen LogP) is 3.56. The topological polar surface area (TPSA) is 74.8 Å². The minimum atomic E-state index is 0.0306. The van der Waals surface area contributed by atoms with Crippen molar-refractivity contribution >= 4 is 11.8 Å². The molecule has 3 heterocycles. The van der Waals surface area contributed by atoms with Gasteiger partial charge in [-0.25, -0.2) is 0 Å². The normalized spacial score (nSPS) is 23.3. The van der Waals surface area contributed by atoms with Crippen LogP contribution in [0.4, 0.5) is 0 Å². The van der Waals surface area contributed by atoms with Gasteiger partial charge in [-0.2, -0.15) is 0 Å². The van der Waals surface area contributed by atoms with Crippen LogP contribution in [0.15, 0.2) is 60.8 Å². The van der Waals surface area contributed by atoms with E-state index in [-0.39, 0.29) is 23.7 Å². The van der Waals surface area contributed by atoms with Crippen molar-refractivity contribution in [2.75, 3.05) is 26.2 Å². The van der Waals surface area contributed by atoms with Gasteiger partial charge in [0.15, 0.2) is 0 Å². The van der Waals surface area contributed by atoms with Crippen LogP contribution >= 0.6 is 0 Å². The summed E-state index contributed by atoms with van der Waals surface area (Å²) >= 11 is 0. The van der Waals surface area contributed by atoms with Gasteiger partial charge in [0.2, 0.25) is 11.8 Å². The molecular formula is C29H36N4O3. The van der Waals surface area contributed by atoms with Crippen molar-refractivity contribution in [1.29, 1.82) is 0 Å². The Balaban J connectivity index is 1.28. The van der Waals surface area contributed by atoms with E-state index in [2.05, 4.69) is 33.4 Å². The van der Waals surface area contributed by atoms with E-state index in [9.17, 15) is 9.59 Å². The number of fused-ring (bicyclic) bond motifs is 3. The Labute approximate surface area is 213 Å². The molecular weight excluding hydrogens is 452 g/mol. The summed E-state index contributed by atoms with van der Waals surface area (Å²) in [6.45, 7) is 3.43. The third-order valence-corrected chi connectivity index (χ3v) is 7.79. The van der Waals surface area contributed by atoms with Crippen LogP contribution in [0.3, 0.4) is 0 Å². The lowest BCUT2D eigenvalue weighted by Gasteiger charge is -2.41. The van der Waals surface area contributed by atoms with Crippen LogP contribution in [-0.4, -0.2) is 58.9 Å². The minimum absolute atomic E-state index is 0.0306. The fourth-order valence-corrected chi connectivity index (χ4v) is 5.43. The van der Waals surface area contributed by atoms with Crippen LogP contribution in [0.1, 0.15) is 43.4 Å². The standard InChI is InChI=1S/C29H36N4O3/c34-28(31-18-25-9-3-4-14-30-25)17-22-13-15-32-19-23(22)8-6-16-36-27-12-2-1-7-24(27)20-33(21-29(32)35)26-10-5-11-26/h1-4,6-9,12,14,22-23,26H,5,10-11,13,15-21H2,(H,31,34)/t22-,23-/m0/s1. The molecule has 1 aliphatic carbocycles. The zero-order valence-corrected chi connectivity index (χ0v) is 20.9. The Morgan fingerprint density at radius 1 is 1.08 bits per heavy atom. The molecule has 2 bridgehead atoms. The number of amides is 2. The average molecular weight is 489 g/mol. The average Bonchev–Trinajstić information content (AvgIpc) is 2.87. The Bertz CT molecular complexity index is 1070. The second-order valence-corrected chi connectivity index (χ2v) is 10.2. The number of carbonyl (C=O) groups excluding carboxylic acids is 2. The van der Waals surface area contributed by atoms with E-state index in [1.807, 2.05) is 41.3 Å². The van der Waals surface area contributed by atoms with Crippen molar-refractivity contribution in [1.82, 2.24) is 20.1 Å². The number of piperidine rings is 1. The maximum Gasteiger partial charge on any atom is 0.236 e. The summed E-state index contributed by atoms with van der Waals surface area (Å²) in [6.07, 6.45) is 10.7. The summed E-state index contributed by atoms with van der Waals surface area (Å²) in [4.78, 5) is 34.8. The third kappa shape index (κ3) is 6.13. The van der Waals surface area contributed by atoms with Gasteiger partial charge >= 0.3 is 0 Å². The fraction of sp³-hybridized carbons (Fsp3) is 0.483. The molecule has 2 amide bonds. The van der Waals surface area contributed by atoms with Gasteiger partial charge in [0.05, 0.1) is 18.8 Å². The van der Waals surface area contributed by atoms with Crippen LogP contribution in [-0.2, 0) is 22.7 Å². The quantitative estimate of drug-likeness (QED) is 0.652. The van der Waals surface area contributed by atoms with Crippen molar-refractivity contribution in [2.24, 2.45) is 11.8 Å². The first-order chi connectivity index (χ1) is 17.7. The number of hydrogen-bond acceptors (Lipinski definition) is 5. The summed E-state index contributed by atoms with van der Waals surface area (Å²) in [5.74, 6) is 1.42. The largest absolute Gasteiger partial charge is 0.489 e. The first-order valence-electron chi connectivity index (χ1n) is 13.2. The van der Waals surface area contributed by atoms with Gasteiger partial charge in [-0.1, -0.05) is 42.8 Å². The summed E-state index contributed by atoms with van der Waals surface area (Å²) in [5.41, 5.74) is 1.98. The van der Waals surface area contributed by atoms with Crippen molar-refractivity contribution in [3.8, 4) is 5.75 Å². The number of nitrogens with zero attached hydrogens (tertiary/aromatic N) is 3. The molecule has 7 heteroatoms. The molecule has 3 aliphatic rings. The molecule has 0 radical (unpaired) electrons. The Hall–Kier alpha value is -3.19. The molecule has 1 saturated carbocycles. The number of hydrogen-bond donors (Lipinski definition) is 1.